The summed E-state index contributed by atoms with van der Waals surface area (Å²) in [5.74, 6) is 0. The largest absolute Gasteiger partial charge is 0.0839 e. The van der Waals surface area contributed by atoms with Crippen LogP contribution in [0.4, 0.5) is 0 Å². The van der Waals surface area contributed by atoms with E-state index in [4.69, 9.17) is 23.2 Å². The molecule has 0 aromatic heterocycles. The minimum atomic E-state index is 0.368. The number of hydrogen-bond donors (Lipinski definition) is 0. The van der Waals surface area contributed by atoms with Gasteiger partial charge in [-0.3, -0.25) is 0 Å². The van der Waals surface area contributed by atoms with E-state index in [0.717, 1.165) is 6.42 Å². The molecule has 1 atom stereocenters. The summed E-state index contributed by atoms with van der Waals surface area (Å²) in [6, 6.07) is 5.70. The molecule has 0 amide bonds. The van der Waals surface area contributed by atoms with Gasteiger partial charge in [0.05, 0.1) is 10.0 Å². The number of rotatable bonds is 2. The Bertz CT molecular complexity index is 273. The predicted molar refractivity (Wildman–Crippen MR) is 58.4 cm³/mol. The van der Waals surface area contributed by atoms with E-state index in [1.54, 1.807) is 0 Å². The molecule has 0 radical (unpaired) electrons. The first-order valence-corrected chi connectivity index (χ1v) is 5.41. The smallest absolute Gasteiger partial charge is 0.0595 e. The Balaban J connectivity index is 2.96. The molecule has 66 valence electrons. The molecule has 0 fully saturated rings. The van der Waals surface area contributed by atoms with Crippen LogP contribution < -0.4 is 0 Å². The molecule has 0 saturated carbocycles. The van der Waals surface area contributed by atoms with Gasteiger partial charge >= 0.3 is 0 Å². The van der Waals surface area contributed by atoms with Crippen molar-refractivity contribution in [2.24, 2.45) is 0 Å². The van der Waals surface area contributed by atoms with Crippen molar-refractivity contribution in [1.82, 2.24) is 0 Å². The monoisotopic (exact) mass is 266 g/mol. The molecule has 3 heteroatoms. The molecule has 12 heavy (non-hydrogen) atoms. The van der Waals surface area contributed by atoms with Crippen LogP contribution >= 0.6 is 39.1 Å². The van der Waals surface area contributed by atoms with Gasteiger partial charge in [0.2, 0.25) is 0 Å². The fourth-order valence-corrected chi connectivity index (χ4v) is 1.53. The third-order valence-electron chi connectivity index (χ3n) is 1.66. The van der Waals surface area contributed by atoms with Crippen LogP contribution in [0.3, 0.4) is 0 Å². The Morgan fingerprint density at radius 2 is 2.00 bits per heavy atom. The zero-order valence-corrected chi connectivity index (χ0v) is 9.75. The molecule has 0 aliphatic heterocycles. The van der Waals surface area contributed by atoms with E-state index in [2.05, 4.69) is 22.9 Å². The van der Waals surface area contributed by atoms with Gasteiger partial charge in [-0.2, -0.15) is 0 Å². The zero-order chi connectivity index (χ0) is 9.14. The summed E-state index contributed by atoms with van der Waals surface area (Å²) in [4.78, 5) is 0.368. The van der Waals surface area contributed by atoms with Crippen LogP contribution in [-0.2, 0) is 0 Å². The second kappa shape index (κ2) is 4.50. The minimum absolute atomic E-state index is 0.368. The van der Waals surface area contributed by atoms with Gasteiger partial charge in [-0.15, -0.1) is 0 Å². The van der Waals surface area contributed by atoms with Gasteiger partial charge in [0.1, 0.15) is 0 Å². The lowest BCUT2D eigenvalue weighted by molar-refractivity contribution is 0.911. The van der Waals surface area contributed by atoms with E-state index < -0.39 is 0 Å². The second-order valence-corrected chi connectivity index (χ2v) is 4.47. The summed E-state index contributed by atoms with van der Waals surface area (Å²) < 4.78 is 0. The first kappa shape index (κ1) is 10.4. The molecule has 0 aliphatic carbocycles. The van der Waals surface area contributed by atoms with E-state index >= 15 is 0 Å². The molecule has 0 aliphatic rings. The Kier molecular flexibility index (Phi) is 3.88. The van der Waals surface area contributed by atoms with E-state index in [1.165, 1.54) is 5.56 Å². The van der Waals surface area contributed by atoms with E-state index in [-0.39, 0.29) is 0 Å². The maximum absolute atomic E-state index is 5.86. The van der Waals surface area contributed by atoms with Gasteiger partial charge < -0.3 is 0 Å². The molecule has 1 aromatic carbocycles. The number of hydrogen-bond acceptors (Lipinski definition) is 0. The highest BCUT2D eigenvalue weighted by atomic mass is 79.9. The van der Waals surface area contributed by atoms with Crippen LogP contribution in [0.25, 0.3) is 0 Å². The van der Waals surface area contributed by atoms with Crippen LogP contribution in [0.2, 0.25) is 10.0 Å². The van der Waals surface area contributed by atoms with Crippen molar-refractivity contribution in [3.05, 3.63) is 33.8 Å². The van der Waals surface area contributed by atoms with Gasteiger partial charge in [0.15, 0.2) is 0 Å². The lowest BCUT2D eigenvalue weighted by atomic mass is 10.1. The second-order valence-electron chi connectivity index (χ2n) is 2.55. The van der Waals surface area contributed by atoms with Crippen LogP contribution in [0.5, 0.6) is 0 Å². The Morgan fingerprint density at radius 1 is 1.33 bits per heavy atom. The lowest BCUT2D eigenvalue weighted by Crippen LogP contribution is -1.86. The summed E-state index contributed by atoms with van der Waals surface area (Å²) in [6.07, 6.45) is 1.04. The van der Waals surface area contributed by atoms with Gasteiger partial charge in [-0.05, 0) is 24.1 Å². The highest BCUT2D eigenvalue weighted by Gasteiger charge is 2.06. The molecular weight excluding hydrogens is 259 g/mol. The number of benzene rings is 1. The van der Waals surface area contributed by atoms with Crippen molar-refractivity contribution in [3.63, 3.8) is 0 Å². The summed E-state index contributed by atoms with van der Waals surface area (Å²) in [6.45, 7) is 2.11. The van der Waals surface area contributed by atoms with E-state index in [0.29, 0.717) is 14.9 Å². The Hall–Kier alpha value is 0.280. The summed E-state index contributed by atoms with van der Waals surface area (Å²) in [5.41, 5.74) is 1.17. The highest BCUT2D eigenvalue weighted by Crippen LogP contribution is 2.31. The fourth-order valence-electron chi connectivity index (χ4n) is 0.943. The quantitative estimate of drug-likeness (QED) is 0.673. The van der Waals surface area contributed by atoms with E-state index in [1.807, 2.05) is 18.2 Å². The molecule has 0 spiro atoms. The van der Waals surface area contributed by atoms with Crippen LogP contribution in [0.15, 0.2) is 18.2 Å². The standard InChI is InChI=1S/C9H9BrCl2/c1-2-7(10)6-3-4-8(11)9(12)5-6/h3-5,7H,2H2,1H3. The van der Waals surface area contributed by atoms with Crippen molar-refractivity contribution >= 4 is 39.1 Å². The molecule has 0 heterocycles. The minimum Gasteiger partial charge on any atom is -0.0839 e. The topological polar surface area (TPSA) is 0 Å². The predicted octanol–water partition coefficient (Wildman–Crippen LogP) is 4.84. The average Bonchev–Trinajstić information content (AvgIpc) is 2.08. The molecule has 0 nitrogen and oxygen atoms in total. The first-order chi connectivity index (χ1) is 5.65. The van der Waals surface area contributed by atoms with Crippen molar-refractivity contribution < 1.29 is 0 Å². The number of halogens is 3. The van der Waals surface area contributed by atoms with Crippen LogP contribution in [0, 0.1) is 0 Å². The maximum Gasteiger partial charge on any atom is 0.0595 e. The fraction of sp³-hybridized carbons (Fsp3) is 0.333. The lowest BCUT2D eigenvalue weighted by Gasteiger charge is -2.07. The Labute approximate surface area is 91.0 Å². The molecule has 1 unspecified atom stereocenters. The van der Waals surface area contributed by atoms with Crippen LogP contribution in [0.1, 0.15) is 23.7 Å². The molecular formula is C9H9BrCl2. The SMILES string of the molecule is CCC(Br)c1ccc(Cl)c(Cl)c1. The normalized spacial score (nSPS) is 13.0. The number of alkyl halides is 1. The van der Waals surface area contributed by atoms with Crippen molar-refractivity contribution in [3.8, 4) is 0 Å². The molecule has 0 saturated heterocycles. The average molecular weight is 268 g/mol. The summed E-state index contributed by atoms with van der Waals surface area (Å²) >= 11 is 15.2. The summed E-state index contributed by atoms with van der Waals surface area (Å²) in [5, 5.41) is 1.23. The first-order valence-electron chi connectivity index (χ1n) is 3.74. The van der Waals surface area contributed by atoms with Gasteiger partial charge in [0.25, 0.3) is 0 Å². The molecule has 0 N–H and O–H groups in total. The summed E-state index contributed by atoms with van der Waals surface area (Å²) in [7, 11) is 0. The molecule has 0 bridgehead atoms. The van der Waals surface area contributed by atoms with Gasteiger partial charge in [-0.25, -0.2) is 0 Å². The van der Waals surface area contributed by atoms with Crippen molar-refractivity contribution in [2.75, 3.05) is 0 Å². The van der Waals surface area contributed by atoms with Crippen molar-refractivity contribution in [1.29, 1.82) is 0 Å². The third kappa shape index (κ3) is 2.38. The third-order valence-corrected chi connectivity index (χ3v) is 3.58. The van der Waals surface area contributed by atoms with Gasteiger partial charge in [-0.1, -0.05) is 52.1 Å². The highest BCUT2D eigenvalue weighted by molar-refractivity contribution is 9.09. The van der Waals surface area contributed by atoms with Crippen LogP contribution in [-0.4, -0.2) is 0 Å². The Morgan fingerprint density at radius 3 is 2.50 bits per heavy atom. The van der Waals surface area contributed by atoms with Crippen molar-refractivity contribution in [2.45, 2.75) is 18.2 Å². The molecule has 1 rings (SSSR count). The van der Waals surface area contributed by atoms with E-state index in [9.17, 15) is 0 Å². The zero-order valence-electron chi connectivity index (χ0n) is 6.65. The maximum atomic E-state index is 5.86. The van der Waals surface area contributed by atoms with Gasteiger partial charge in [0, 0.05) is 4.83 Å². The molecule has 1 aromatic rings.